The zero-order valence-electron chi connectivity index (χ0n) is 8.76. The molecule has 16 heavy (non-hydrogen) atoms. The molecule has 0 amide bonds. The van der Waals surface area contributed by atoms with Gasteiger partial charge in [0.1, 0.15) is 6.61 Å². The normalized spacial score (nSPS) is 19.6. The summed E-state index contributed by atoms with van der Waals surface area (Å²) in [6.45, 7) is 1.20. The summed E-state index contributed by atoms with van der Waals surface area (Å²) in [5.74, 6) is -0.653. The minimum atomic E-state index is -0.982. The third-order valence-corrected chi connectivity index (χ3v) is 2.42. The highest BCUT2D eigenvalue weighted by atomic mass is 16.5. The van der Waals surface area contributed by atoms with E-state index in [0.29, 0.717) is 12.5 Å². The summed E-state index contributed by atoms with van der Waals surface area (Å²) < 4.78 is 10.8. The van der Waals surface area contributed by atoms with E-state index in [0.717, 1.165) is 19.4 Å². The van der Waals surface area contributed by atoms with Crippen LogP contribution < -0.4 is 4.74 Å². The molecule has 0 saturated carbocycles. The fourth-order valence-corrected chi connectivity index (χ4v) is 1.58. The molecule has 86 valence electrons. The van der Waals surface area contributed by atoms with Gasteiger partial charge in [-0.15, -0.1) is 0 Å². The summed E-state index contributed by atoms with van der Waals surface area (Å²) in [6.07, 6.45) is 3.57. The largest absolute Gasteiger partial charge is 0.478 e. The van der Waals surface area contributed by atoms with E-state index in [1.54, 1.807) is 0 Å². The van der Waals surface area contributed by atoms with Crippen molar-refractivity contribution in [3.8, 4) is 5.88 Å². The van der Waals surface area contributed by atoms with E-state index in [9.17, 15) is 4.79 Å². The number of ether oxygens (including phenoxy) is 2. The predicted octanol–water partition coefficient (Wildman–Crippen LogP) is 1.34. The minimum absolute atomic E-state index is 0.107. The number of nitrogens with zero attached hydrogens (tertiary/aromatic N) is 1. The molecule has 1 aliphatic heterocycles. The fraction of sp³-hybridized carbons (Fsp3) is 0.455. The smallest absolute Gasteiger partial charge is 0.335 e. The Balaban J connectivity index is 1.93. The quantitative estimate of drug-likeness (QED) is 0.834. The zero-order chi connectivity index (χ0) is 11.4. The molecule has 1 atom stereocenters. The molecular formula is C11H13NO4. The number of pyridine rings is 1. The first kappa shape index (κ1) is 10.9. The molecule has 2 heterocycles. The highest BCUT2D eigenvalue weighted by Gasteiger charge is 2.16. The average Bonchev–Trinajstić information content (AvgIpc) is 2.79. The van der Waals surface area contributed by atoms with Gasteiger partial charge >= 0.3 is 5.97 Å². The highest BCUT2D eigenvalue weighted by molar-refractivity contribution is 5.87. The molecule has 1 aromatic heterocycles. The molecule has 1 unspecified atom stereocenters. The molecule has 0 spiro atoms. The topological polar surface area (TPSA) is 68.7 Å². The van der Waals surface area contributed by atoms with Crippen LogP contribution in [0.15, 0.2) is 18.3 Å². The molecule has 1 fully saturated rings. The summed E-state index contributed by atoms with van der Waals surface area (Å²) >= 11 is 0. The molecule has 1 aromatic rings. The highest BCUT2D eigenvalue weighted by Crippen LogP contribution is 2.15. The summed E-state index contributed by atoms with van der Waals surface area (Å²) in [7, 11) is 0. The maximum absolute atomic E-state index is 10.7. The third-order valence-electron chi connectivity index (χ3n) is 2.42. The number of aromatic carboxylic acids is 1. The average molecular weight is 223 g/mol. The lowest BCUT2D eigenvalue weighted by molar-refractivity contribution is 0.0657. The van der Waals surface area contributed by atoms with Gasteiger partial charge in [-0.3, -0.25) is 0 Å². The molecule has 5 nitrogen and oxygen atoms in total. The van der Waals surface area contributed by atoms with Crippen LogP contribution >= 0.6 is 0 Å². The molecule has 1 saturated heterocycles. The summed E-state index contributed by atoms with van der Waals surface area (Å²) in [5, 5.41) is 8.78. The molecule has 0 aromatic carbocycles. The lowest BCUT2D eigenvalue weighted by Crippen LogP contribution is -2.16. The Morgan fingerprint density at radius 1 is 1.69 bits per heavy atom. The maximum atomic E-state index is 10.7. The van der Waals surface area contributed by atoms with Crippen molar-refractivity contribution < 1.29 is 19.4 Å². The summed E-state index contributed by atoms with van der Waals surface area (Å²) in [4.78, 5) is 14.6. The van der Waals surface area contributed by atoms with Gasteiger partial charge in [-0.05, 0) is 18.9 Å². The Labute approximate surface area is 93.0 Å². The molecule has 0 bridgehead atoms. The molecule has 1 N–H and O–H groups in total. The maximum Gasteiger partial charge on any atom is 0.335 e. The molecule has 2 rings (SSSR count). The molecule has 5 heteroatoms. The summed E-state index contributed by atoms with van der Waals surface area (Å²) in [6, 6.07) is 2.85. The van der Waals surface area contributed by atoms with Crippen molar-refractivity contribution in [2.75, 3.05) is 13.2 Å². The number of carboxylic acid groups (broad SMARTS) is 1. The van der Waals surface area contributed by atoms with Crippen molar-refractivity contribution in [3.63, 3.8) is 0 Å². The van der Waals surface area contributed by atoms with Crippen LogP contribution in [0.4, 0.5) is 0 Å². The fourth-order valence-electron chi connectivity index (χ4n) is 1.58. The van der Waals surface area contributed by atoms with Crippen molar-refractivity contribution in [3.05, 3.63) is 23.9 Å². The van der Waals surface area contributed by atoms with Gasteiger partial charge < -0.3 is 14.6 Å². The number of aromatic nitrogens is 1. The van der Waals surface area contributed by atoms with Crippen molar-refractivity contribution in [1.82, 2.24) is 4.98 Å². The molecular weight excluding hydrogens is 210 g/mol. The summed E-state index contributed by atoms with van der Waals surface area (Å²) in [5.41, 5.74) is 0.178. The van der Waals surface area contributed by atoms with Crippen molar-refractivity contribution in [2.24, 2.45) is 0 Å². The van der Waals surface area contributed by atoms with Crippen LogP contribution in [0.2, 0.25) is 0 Å². The Kier molecular flexibility index (Phi) is 3.36. The van der Waals surface area contributed by atoms with E-state index in [-0.39, 0.29) is 11.7 Å². The second-order valence-electron chi connectivity index (χ2n) is 3.63. The van der Waals surface area contributed by atoms with E-state index >= 15 is 0 Å². The van der Waals surface area contributed by atoms with Crippen LogP contribution in [0.5, 0.6) is 5.88 Å². The zero-order valence-corrected chi connectivity index (χ0v) is 8.76. The number of carbonyl (C=O) groups is 1. The second-order valence-corrected chi connectivity index (χ2v) is 3.63. The van der Waals surface area contributed by atoms with Crippen molar-refractivity contribution in [2.45, 2.75) is 18.9 Å². The van der Waals surface area contributed by atoms with Crippen LogP contribution in [0.3, 0.4) is 0 Å². The lowest BCUT2D eigenvalue weighted by atomic mass is 10.2. The second kappa shape index (κ2) is 4.94. The van der Waals surface area contributed by atoms with Gasteiger partial charge in [-0.25, -0.2) is 9.78 Å². The van der Waals surface area contributed by atoms with Gasteiger partial charge in [0.05, 0.1) is 11.7 Å². The van der Waals surface area contributed by atoms with Crippen LogP contribution in [-0.2, 0) is 4.74 Å². The Hall–Kier alpha value is -1.62. The SMILES string of the molecule is O=C(O)c1ccnc(OCC2CCCO2)c1. The van der Waals surface area contributed by atoms with Crippen LogP contribution in [-0.4, -0.2) is 35.4 Å². The predicted molar refractivity (Wildman–Crippen MR) is 55.7 cm³/mol. The van der Waals surface area contributed by atoms with Crippen LogP contribution in [0.25, 0.3) is 0 Å². The Morgan fingerprint density at radius 2 is 2.56 bits per heavy atom. The Bertz CT molecular complexity index is 374. The number of hydrogen-bond donors (Lipinski definition) is 1. The number of hydrogen-bond acceptors (Lipinski definition) is 4. The van der Waals surface area contributed by atoms with Crippen LogP contribution in [0, 0.1) is 0 Å². The minimum Gasteiger partial charge on any atom is -0.478 e. The van der Waals surface area contributed by atoms with E-state index < -0.39 is 5.97 Å². The van der Waals surface area contributed by atoms with E-state index in [2.05, 4.69) is 4.98 Å². The first-order valence-electron chi connectivity index (χ1n) is 5.19. The monoisotopic (exact) mass is 223 g/mol. The van der Waals surface area contributed by atoms with Gasteiger partial charge in [-0.1, -0.05) is 0 Å². The third kappa shape index (κ3) is 2.70. The molecule has 0 radical (unpaired) electrons. The van der Waals surface area contributed by atoms with Gasteiger partial charge in [0.25, 0.3) is 0 Å². The standard InChI is InChI=1S/C11H13NO4/c13-11(14)8-3-4-12-10(6-8)16-7-9-2-1-5-15-9/h3-4,6,9H,1-2,5,7H2,(H,13,14). The van der Waals surface area contributed by atoms with E-state index in [4.69, 9.17) is 14.6 Å². The van der Waals surface area contributed by atoms with Gasteiger partial charge in [-0.2, -0.15) is 0 Å². The van der Waals surface area contributed by atoms with Crippen molar-refractivity contribution >= 4 is 5.97 Å². The number of rotatable bonds is 4. The van der Waals surface area contributed by atoms with E-state index in [1.807, 2.05) is 0 Å². The van der Waals surface area contributed by atoms with E-state index in [1.165, 1.54) is 18.3 Å². The van der Waals surface area contributed by atoms with Gasteiger partial charge in [0, 0.05) is 18.9 Å². The molecule has 1 aliphatic rings. The van der Waals surface area contributed by atoms with Gasteiger partial charge in [0.15, 0.2) is 0 Å². The van der Waals surface area contributed by atoms with Crippen molar-refractivity contribution in [1.29, 1.82) is 0 Å². The first-order chi connectivity index (χ1) is 7.75. The Morgan fingerprint density at radius 3 is 3.25 bits per heavy atom. The lowest BCUT2D eigenvalue weighted by Gasteiger charge is -2.10. The van der Waals surface area contributed by atoms with Crippen LogP contribution in [0.1, 0.15) is 23.2 Å². The van der Waals surface area contributed by atoms with Gasteiger partial charge in [0.2, 0.25) is 5.88 Å². The first-order valence-corrected chi connectivity index (χ1v) is 5.19. The molecule has 0 aliphatic carbocycles. The number of carboxylic acids is 1.